The zero-order valence-electron chi connectivity index (χ0n) is 17.9. The number of benzene rings is 2. The van der Waals surface area contributed by atoms with Gasteiger partial charge in [0.15, 0.2) is 0 Å². The summed E-state index contributed by atoms with van der Waals surface area (Å²) in [5.41, 5.74) is 6.00. The first kappa shape index (κ1) is 25.0. The number of hydrogen-bond donors (Lipinski definition) is 4. The van der Waals surface area contributed by atoms with Gasteiger partial charge in [0.05, 0.1) is 0 Å². The Kier molecular flexibility index (Phi) is 7.77. The molecule has 0 aromatic heterocycles. The smallest absolute Gasteiger partial charge is 0.480 e. The molecule has 34 heavy (non-hydrogen) atoms. The first-order valence-electron chi connectivity index (χ1n) is 10.4. The number of hydrogen-bond acceptors (Lipinski definition) is 5. The summed E-state index contributed by atoms with van der Waals surface area (Å²) < 4.78 is 37.1. The van der Waals surface area contributed by atoms with Crippen LogP contribution in [0.5, 0.6) is 0 Å². The van der Waals surface area contributed by atoms with Crippen LogP contribution in [0.4, 0.5) is 18.0 Å². The van der Waals surface area contributed by atoms with E-state index in [1.54, 1.807) is 0 Å². The average molecular weight is 480 g/mol. The molecule has 2 aromatic rings. The molecule has 11 heteroatoms. The monoisotopic (exact) mass is 480 g/mol. The summed E-state index contributed by atoms with van der Waals surface area (Å²) in [6.45, 7) is 1.22. The van der Waals surface area contributed by atoms with Crippen molar-refractivity contribution in [1.29, 1.82) is 0 Å². The van der Waals surface area contributed by atoms with E-state index in [0.29, 0.717) is 19.5 Å². The van der Waals surface area contributed by atoms with Crippen molar-refractivity contribution in [2.45, 2.75) is 31.7 Å². The van der Waals surface area contributed by atoms with Gasteiger partial charge in [-0.05, 0) is 46.6 Å². The summed E-state index contributed by atoms with van der Waals surface area (Å²) >= 11 is 0. The van der Waals surface area contributed by atoms with E-state index in [9.17, 15) is 22.8 Å². The predicted octanol–water partition coefficient (Wildman–Crippen LogP) is 3.18. The second kappa shape index (κ2) is 10.6. The van der Waals surface area contributed by atoms with E-state index in [0.717, 1.165) is 12.0 Å². The van der Waals surface area contributed by atoms with Gasteiger partial charge in [-0.2, -0.15) is 13.2 Å². The van der Waals surface area contributed by atoms with Crippen LogP contribution < -0.4 is 10.6 Å². The van der Waals surface area contributed by atoms with Crippen molar-refractivity contribution in [3.63, 3.8) is 0 Å². The molecule has 0 spiro atoms. The molecule has 0 radical (unpaired) electrons. The summed E-state index contributed by atoms with van der Waals surface area (Å²) in [4.78, 5) is 31.9. The largest absolute Gasteiger partial charge is 0.490 e. The topological polar surface area (TPSA) is 125 Å². The fourth-order valence-corrected chi connectivity index (χ4v) is 3.93. The van der Waals surface area contributed by atoms with Crippen LogP contribution in [0.25, 0.3) is 11.1 Å². The lowest BCUT2D eigenvalue weighted by atomic mass is 10.0. The normalized spacial score (nSPS) is 18.2. The molecule has 4 N–H and O–H groups in total. The molecular weight excluding hydrogens is 457 g/mol. The minimum Gasteiger partial charge on any atom is -0.480 e. The van der Waals surface area contributed by atoms with Gasteiger partial charge in [0.25, 0.3) is 0 Å². The van der Waals surface area contributed by atoms with Crippen molar-refractivity contribution in [2.24, 2.45) is 5.92 Å². The third kappa shape index (κ3) is 6.25. The van der Waals surface area contributed by atoms with Crippen molar-refractivity contribution in [2.75, 3.05) is 13.1 Å². The number of carbonyl (C=O) groups excluding carboxylic acids is 1. The first-order valence-corrected chi connectivity index (χ1v) is 10.4. The van der Waals surface area contributed by atoms with Gasteiger partial charge in [-0.1, -0.05) is 42.5 Å². The third-order valence-corrected chi connectivity index (χ3v) is 5.60. The van der Waals surface area contributed by atoms with E-state index in [4.69, 9.17) is 19.7 Å². The van der Waals surface area contributed by atoms with Crippen LogP contribution in [0.1, 0.15) is 23.1 Å². The lowest BCUT2D eigenvalue weighted by molar-refractivity contribution is -0.192. The molecule has 2 aliphatic rings. The van der Waals surface area contributed by atoms with Gasteiger partial charge in [-0.3, -0.25) is 4.79 Å². The van der Waals surface area contributed by atoms with Crippen molar-refractivity contribution in [1.82, 2.24) is 10.6 Å². The molecule has 1 amide bonds. The number of aliphatic carboxylic acids is 2. The number of carbonyl (C=O) groups is 3. The number of alkyl halides is 3. The molecule has 1 heterocycles. The van der Waals surface area contributed by atoms with Crippen LogP contribution in [0.3, 0.4) is 0 Å². The maximum Gasteiger partial charge on any atom is 0.490 e. The Hall–Kier alpha value is -3.60. The number of halogens is 3. The second-order valence-corrected chi connectivity index (χ2v) is 7.94. The van der Waals surface area contributed by atoms with E-state index in [-0.39, 0.29) is 12.5 Å². The molecule has 182 valence electrons. The fourth-order valence-electron chi connectivity index (χ4n) is 3.93. The average Bonchev–Trinajstić information content (AvgIpc) is 3.41. The minimum absolute atomic E-state index is 0.106. The highest BCUT2D eigenvalue weighted by molar-refractivity contribution is 5.78. The van der Waals surface area contributed by atoms with E-state index in [1.807, 2.05) is 24.3 Å². The van der Waals surface area contributed by atoms with Gasteiger partial charge in [0.1, 0.15) is 12.6 Å². The van der Waals surface area contributed by atoms with Gasteiger partial charge < -0.3 is 25.6 Å². The van der Waals surface area contributed by atoms with Crippen molar-refractivity contribution < 1.29 is 42.5 Å². The van der Waals surface area contributed by atoms with Crippen LogP contribution in [0.2, 0.25) is 0 Å². The standard InChI is InChI=1S/C21H22N2O4.C2HF3O2/c24-20(25)19-8-13(10-22-19)11-23-21(26)27-12-15-5-3-7-17-16-6-2-1-4-14(16)9-18(15)17;3-2(4,5)1(6)7/h1-7,13,19,22H,8-12H2,(H,23,26)(H,24,25);(H,6,7)/t13?,19-;/m0./s1. The van der Waals surface area contributed by atoms with E-state index < -0.39 is 30.2 Å². The molecule has 8 nitrogen and oxygen atoms in total. The molecule has 1 aliphatic heterocycles. The number of rotatable bonds is 5. The van der Waals surface area contributed by atoms with Crippen LogP contribution in [0.15, 0.2) is 42.5 Å². The van der Waals surface area contributed by atoms with Crippen LogP contribution in [-0.2, 0) is 27.4 Å². The SMILES string of the molecule is O=C(NCC1CN[C@H](C(=O)O)C1)OCc1cccc2c1Cc1ccccc1-2.O=C(O)C(F)(F)F. The summed E-state index contributed by atoms with van der Waals surface area (Å²) in [7, 11) is 0. The Bertz CT molecular complexity index is 1070. The van der Waals surface area contributed by atoms with Gasteiger partial charge in [-0.25, -0.2) is 9.59 Å². The molecule has 0 bridgehead atoms. The molecule has 4 rings (SSSR count). The van der Waals surface area contributed by atoms with Crippen LogP contribution >= 0.6 is 0 Å². The zero-order valence-corrected chi connectivity index (χ0v) is 17.9. The Morgan fingerprint density at radius 1 is 1.06 bits per heavy atom. The molecule has 1 aliphatic carbocycles. The van der Waals surface area contributed by atoms with E-state index in [2.05, 4.69) is 28.8 Å². The minimum atomic E-state index is -5.08. The Labute approximate surface area is 192 Å². The van der Waals surface area contributed by atoms with Crippen molar-refractivity contribution in [3.05, 3.63) is 59.2 Å². The Balaban J connectivity index is 0.000000406. The van der Waals surface area contributed by atoms with E-state index in [1.165, 1.54) is 22.3 Å². The number of carboxylic acids is 2. The molecular formula is C23H23F3N2O6. The first-order chi connectivity index (χ1) is 16.1. The van der Waals surface area contributed by atoms with Crippen molar-refractivity contribution >= 4 is 18.0 Å². The maximum atomic E-state index is 12.0. The maximum absolute atomic E-state index is 12.0. The lowest BCUT2D eigenvalue weighted by Crippen LogP contribution is -2.30. The highest BCUT2D eigenvalue weighted by Gasteiger charge is 2.38. The molecule has 1 fully saturated rings. The van der Waals surface area contributed by atoms with Crippen LogP contribution in [-0.4, -0.2) is 53.6 Å². The fraction of sp³-hybridized carbons (Fsp3) is 0.348. The molecule has 2 atom stereocenters. The Morgan fingerprint density at radius 2 is 1.74 bits per heavy atom. The number of fused-ring (bicyclic) bond motifs is 3. The number of ether oxygens (including phenoxy) is 1. The summed E-state index contributed by atoms with van der Waals surface area (Å²) in [5.74, 6) is -3.50. The molecule has 2 aromatic carbocycles. The van der Waals surface area contributed by atoms with Gasteiger partial charge in [0, 0.05) is 13.1 Å². The highest BCUT2D eigenvalue weighted by Crippen LogP contribution is 2.38. The Morgan fingerprint density at radius 3 is 2.38 bits per heavy atom. The zero-order chi connectivity index (χ0) is 24.9. The van der Waals surface area contributed by atoms with Crippen molar-refractivity contribution in [3.8, 4) is 11.1 Å². The van der Waals surface area contributed by atoms with Gasteiger partial charge in [-0.15, -0.1) is 0 Å². The highest BCUT2D eigenvalue weighted by atomic mass is 19.4. The number of alkyl carbamates (subject to hydrolysis) is 1. The number of nitrogens with one attached hydrogen (secondary N) is 2. The number of amides is 1. The predicted molar refractivity (Wildman–Crippen MR) is 114 cm³/mol. The van der Waals surface area contributed by atoms with Gasteiger partial charge >= 0.3 is 24.2 Å². The molecule has 1 saturated heterocycles. The van der Waals surface area contributed by atoms with E-state index >= 15 is 0 Å². The lowest BCUT2D eigenvalue weighted by Gasteiger charge is -2.12. The summed E-state index contributed by atoms with van der Waals surface area (Å²) in [6.07, 6.45) is -4.18. The number of carboxylic acid groups (broad SMARTS) is 2. The molecule has 0 saturated carbocycles. The quantitative estimate of drug-likeness (QED) is 0.442. The third-order valence-electron chi connectivity index (χ3n) is 5.60. The summed E-state index contributed by atoms with van der Waals surface area (Å²) in [6, 6.07) is 13.9. The summed E-state index contributed by atoms with van der Waals surface area (Å²) in [5, 5.41) is 21.8. The van der Waals surface area contributed by atoms with Crippen LogP contribution in [0, 0.1) is 5.92 Å². The molecule has 1 unspecified atom stereocenters. The van der Waals surface area contributed by atoms with Gasteiger partial charge in [0.2, 0.25) is 0 Å². The second-order valence-electron chi connectivity index (χ2n) is 7.94.